The maximum atomic E-state index is 11.7. The number of nitrogens with one attached hydrogen (secondary N) is 1. The summed E-state index contributed by atoms with van der Waals surface area (Å²) >= 11 is 0. The molecule has 0 amide bonds. The summed E-state index contributed by atoms with van der Waals surface area (Å²) < 4.78 is 25.9. The standard InChI is InChI=1S/C12H19NO2S/c1-3-9-13-16(14,15)10-11(2)12-7-5-4-6-8-12/h4-8,11,13H,3,9-10H2,1-2H3. The first kappa shape index (κ1) is 13.2. The van der Waals surface area contributed by atoms with E-state index in [1.54, 1.807) is 0 Å². The Hall–Kier alpha value is -0.870. The normalized spacial score (nSPS) is 13.6. The quantitative estimate of drug-likeness (QED) is 0.829. The molecule has 0 aromatic heterocycles. The fourth-order valence-corrected chi connectivity index (χ4v) is 3.01. The van der Waals surface area contributed by atoms with E-state index in [1.807, 2.05) is 44.2 Å². The summed E-state index contributed by atoms with van der Waals surface area (Å²) in [5.74, 6) is 0.173. The van der Waals surface area contributed by atoms with Gasteiger partial charge in [0.1, 0.15) is 0 Å². The van der Waals surface area contributed by atoms with Crippen LogP contribution in [-0.4, -0.2) is 20.7 Å². The molecule has 0 heterocycles. The molecule has 0 saturated carbocycles. The summed E-state index contributed by atoms with van der Waals surface area (Å²) in [6.45, 7) is 4.40. The fraction of sp³-hybridized carbons (Fsp3) is 0.500. The summed E-state index contributed by atoms with van der Waals surface area (Å²) in [6.07, 6.45) is 0.818. The van der Waals surface area contributed by atoms with Crippen molar-refractivity contribution in [2.75, 3.05) is 12.3 Å². The third-order valence-electron chi connectivity index (χ3n) is 2.41. The Labute approximate surface area is 97.9 Å². The van der Waals surface area contributed by atoms with Crippen molar-refractivity contribution in [3.63, 3.8) is 0 Å². The Morgan fingerprint density at radius 2 is 1.88 bits per heavy atom. The van der Waals surface area contributed by atoms with Crippen LogP contribution in [-0.2, 0) is 10.0 Å². The van der Waals surface area contributed by atoms with Crippen molar-refractivity contribution in [1.29, 1.82) is 0 Å². The first-order valence-electron chi connectivity index (χ1n) is 5.57. The van der Waals surface area contributed by atoms with Crippen molar-refractivity contribution in [3.05, 3.63) is 35.9 Å². The summed E-state index contributed by atoms with van der Waals surface area (Å²) in [5.41, 5.74) is 1.06. The zero-order valence-electron chi connectivity index (χ0n) is 9.81. The number of hydrogen-bond donors (Lipinski definition) is 1. The van der Waals surface area contributed by atoms with Gasteiger partial charge < -0.3 is 0 Å². The molecule has 16 heavy (non-hydrogen) atoms. The minimum atomic E-state index is -3.14. The third kappa shape index (κ3) is 4.33. The van der Waals surface area contributed by atoms with Gasteiger partial charge in [-0.15, -0.1) is 0 Å². The van der Waals surface area contributed by atoms with Gasteiger partial charge in [-0.2, -0.15) is 0 Å². The number of sulfonamides is 1. The van der Waals surface area contributed by atoms with Gasteiger partial charge in [0.25, 0.3) is 0 Å². The van der Waals surface area contributed by atoms with E-state index in [0.29, 0.717) is 6.54 Å². The van der Waals surface area contributed by atoms with Crippen LogP contribution >= 0.6 is 0 Å². The van der Waals surface area contributed by atoms with Crippen LogP contribution in [0.2, 0.25) is 0 Å². The Morgan fingerprint density at radius 3 is 2.44 bits per heavy atom. The highest BCUT2D eigenvalue weighted by atomic mass is 32.2. The van der Waals surface area contributed by atoms with Crippen LogP contribution < -0.4 is 4.72 Å². The first-order chi connectivity index (χ1) is 7.55. The van der Waals surface area contributed by atoms with E-state index < -0.39 is 10.0 Å². The van der Waals surface area contributed by atoms with Crippen molar-refractivity contribution in [1.82, 2.24) is 4.72 Å². The molecular formula is C12H19NO2S. The maximum absolute atomic E-state index is 11.7. The van der Waals surface area contributed by atoms with E-state index in [9.17, 15) is 8.42 Å². The lowest BCUT2D eigenvalue weighted by Crippen LogP contribution is -2.29. The molecule has 1 N–H and O–H groups in total. The average molecular weight is 241 g/mol. The second-order valence-corrected chi connectivity index (χ2v) is 5.84. The van der Waals surface area contributed by atoms with Gasteiger partial charge in [0.05, 0.1) is 5.75 Å². The Bertz CT molecular complexity index is 400. The zero-order chi connectivity index (χ0) is 12.0. The summed E-state index contributed by atoms with van der Waals surface area (Å²) in [7, 11) is -3.14. The fourth-order valence-electron chi connectivity index (χ4n) is 1.52. The lowest BCUT2D eigenvalue weighted by Gasteiger charge is -2.12. The smallest absolute Gasteiger partial charge is 0.212 e. The van der Waals surface area contributed by atoms with Crippen molar-refractivity contribution in [3.8, 4) is 0 Å². The maximum Gasteiger partial charge on any atom is 0.212 e. The molecule has 0 aliphatic heterocycles. The van der Waals surface area contributed by atoms with E-state index in [2.05, 4.69) is 4.72 Å². The first-order valence-corrected chi connectivity index (χ1v) is 7.22. The van der Waals surface area contributed by atoms with Gasteiger partial charge in [-0.25, -0.2) is 13.1 Å². The van der Waals surface area contributed by atoms with E-state index in [-0.39, 0.29) is 11.7 Å². The molecule has 1 rings (SSSR count). The van der Waals surface area contributed by atoms with Crippen LogP contribution in [0, 0.1) is 0 Å². The molecule has 0 bridgehead atoms. The molecular weight excluding hydrogens is 222 g/mol. The predicted molar refractivity (Wildman–Crippen MR) is 66.9 cm³/mol. The van der Waals surface area contributed by atoms with Crippen LogP contribution in [0.3, 0.4) is 0 Å². The van der Waals surface area contributed by atoms with Crippen LogP contribution in [0.25, 0.3) is 0 Å². The minimum absolute atomic E-state index is 0.0237. The van der Waals surface area contributed by atoms with Crippen LogP contribution in [0.4, 0.5) is 0 Å². The van der Waals surface area contributed by atoms with Crippen molar-refractivity contribution in [2.45, 2.75) is 26.2 Å². The Kier molecular flexibility index (Phi) is 4.96. The van der Waals surface area contributed by atoms with Crippen LogP contribution in [0.5, 0.6) is 0 Å². The Balaban J connectivity index is 2.61. The van der Waals surface area contributed by atoms with Crippen LogP contribution in [0.15, 0.2) is 30.3 Å². The van der Waals surface area contributed by atoms with E-state index in [4.69, 9.17) is 0 Å². The number of rotatable bonds is 6. The number of benzene rings is 1. The van der Waals surface area contributed by atoms with Crippen molar-refractivity contribution in [2.24, 2.45) is 0 Å². The molecule has 0 aliphatic carbocycles. The van der Waals surface area contributed by atoms with E-state index >= 15 is 0 Å². The molecule has 0 spiro atoms. The van der Waals surface area contributed by atoms with Crippen molar-refractivity contribution < 1.29 is 8.42 Å². The van der Waals surface area contributed by atoms with Gasteiger partial charge in [-0.05, 0) is 17.9 Å². The second kappa shape index (κ2) is 6.01. The second-order valence-electron chi connectivity index (χ2n) is 3.99. The largest absolute Gasteiger partial charge is 0.215 e. The predicted octanol–water partition coefficient (Wildman–Crippen LogP) is 2.12. The monoisotopic (exact) mass is 241 g/mol. The highest BCUT2D eigenvalue weighted by molar-refractivity contribution is 7.89. The summed E-state index contributed by atoms with van der Waals surface area (Å²) in [5, 5.41) is 0. The molecule has 1 aromatic rings. The summed E-state index contributed by atoms with van der Waals surface area (Å²) in [4.78, 5) is 0. The Morgan fingerprint density at radius 1 is 1.25 bits per heavy atom. The lowest BCUT2D eigenvalue weighted by atomic mass is 10.0. The van der Waals surface area contributed by atoms with Gasteiger partial charge in [0.2, 0.25) is 10.0 Å². The van der Waals surface area contributed by atoms with Gasteiger partial charge in [0.15, 0.2) is 0 Å². The van der Waals surface area contributed by atoms with E-state index in [0.717, 1.165) is 12.0 Å². The molecule has 4 heteroatoms. The molecule has 1 atom stereocenters. The molecule has 0 fully saturated rings. The summed E-state index contributed by atoms with van der Waals surface area (Å²) in [6, 6.07) is 9.70. The average Bonchev–Trinajstić information content (AvgIpc) is 2.27. The molecule has 0 radical (unpaired) electrons. The van der Waals surface area contributed by atoms with Gasteiger partial charge in [-0.3, -0.25) is 0 Å². The molecule has 0 aliphatic rings. The molecule has 90 valence electrons. The highest BCUT2D eigenvalue weighted by Crippen LogP contribution is 2.15. The topological polar surface area (TPSA) is 46.2 Å². The lowest BCUT2D eigenvalue weighted by molar-refractivity contribution is 0.575. The molecule has 1 unspecified atom stereocenters. The molecule has 0 saturated heterocycles. The zero-order valence-corrected chi connectivity index (χ0v) is 10.6. The SMILES string of the molecule is CCCNS(=O)(=O)CC(C)c1ccccc1. The third-order valence-corrected chi connectivity index (χ3v) is 3.99. The number of hydrogen-bond acceptors (Lipinski definition) is 2. The minimum Gasteiger partial charge on any atom is -0.215 e. The molecule has 1 aromatic carbocycles. The van der Waals surface area contributed by atoms with Gasteiger partial charge in [-0.1, -0.05) is 44.2 Å². The highest BCUT2D eigenvalue weighted by Gasteiger charge is 2.15. The van der Waals surface area contributed by atoms with Gasteiger partial charge in [0, 0.05) is 6.54 Å². The van der Waals surface area contributed by atoms with E-state index in [1.165, 1.54) is 0 Å². The van der Waals surface area contributed by atoms with Gasteiger partial charge >= 0.3 is 0 Å². The van der Waals surface area contributed by atoms with Crippen molar-refractivity contribution >= 4 is 10.0 Å². The molecule has 3 nitrogen and oxygen atoms in total. The van der Waals surface area contributed by atoms with Crippen LogP contribution in [0.1, 0.15) is 31.7 Å².